The van der Waals surface area contributed by atoms with Crippen LogP contribution in [0.4, 0.5) is 13.2 Å². The number of hydrogen-bond donors (Lipinski definition) is 1. The van der Waals surface area contributed by atoms with E-state index in [-0.39, 0.29) is 18.4 Å². The zero-order valence-electron chi connectivity index (χ0n) is 14.3. The summed E-state index contributed by atoms with van der Waals surface area (Å²) in [6, 6.07) is 5.18. The molecule has 1 amide bonds. The van der Waals surface area contributed by atoms with Gasteiger partial charge in [-0.15, -0.1) is 11.3 Å². The maximum Gasteiger partial charge on any atom is 0.416 e. The van der Waals surface area contributed by atoms with Crippen LogP contribution in [-0.2, 0) is 17.4 Å². The minimum atomic E-state index is -4.34. The first-order valence-corrected chi connectivity index (χ1v) is 9.71. The largest absolute Gasteiger partial charge is 0.416 e. The quantitative estimate of drug-likeness (QED) is 0.738. The van der Waals surface area contributed by atoms with Crippen molar-refractivity contribution in [3.8, 4) is 10.6 Å². The molecule has 140 valence electrons. The highest BCUT2D eigenvalue weighted by Crippen LogP contribution is 2.31. The van der Waals surface area contributed by atoms with E-state index in [2.05, 4.69) is 10.3 Å². The molecule has 1 aromatic heterocycles. The smallest absolute Gasteiger partial charge is 0.353 e. The summed E-state index contributed by atoms with van der Waals surface area (Å²) in [5.41, 5.74) is 0.593. The Labute approximate surface area is 154 Å². The fourth-order valence-electron chi connectivity index (χ4n) is 3.19. The van der Waals surface area contributed by atoms with E-state index in [9.17, 15) is 18.0 Å². The van der Waals surface area contributed by atoms with Gasteiger partial charge in [-0.2, -0.15) is 13.2 Å². The summed E-state index contributed by atoms with van der Waals surface area (Å²) < 4.78 is 37.9. The van der Waals surface area contributed by atoms with Gasteiger partial charge in [0.05, 0.1) is 17.7 Å². The fraction of sp³-hybridized carbons (Fsp3) is 0.474. The summed E-state index contributed by atoms with van der Waals surface area (Å²) in [5.74, 6) is -0.0406. The van der Waals surface area contributed by atoms with Crippen LogP contribution in [-0.4, -0.2) is 16.9 Å². The number of nitrogens with one attached hydrogen (secondary N) is 1. The number of carbonyl (C=O) groups excluding carboxylic acids is 1. The average Bonchev–Trinajstić information content (AvgIpc) is 2.90. The van der Waals surface area contributed by atoms with Crippen LogP contribution in [0.1, 0.15) is 49.8 Å². The molecule has 1 aliphatic rings. The third kappa shape index (κ3) is 5.06. The molecule has 0 unspecified atom stereocenters. The van der Waals surface area contributed by atoms with Crippen LogP contribution in [0.5, 0.6) is 0 Å². The summed E-state index contributed by atoms with van der Waals surface area (Å²) >= 11 is 1.34. The summed E-state index contributed by atoms with van der Waals surface area (Å²) in [4.78, 5) is 16.6. The average molecular weight is 382 g/mol. The standard InChI is InChI=1S/C19H21F3N2OS/c20-19(21,22)14-9-7-13(8-10-14)18-24-16(12-26-18)11-17(25)23-15-5-3-1-2-4-6-15/h7-10,12,15H,1-6,11H2,(H,23,25). The molecule has 0 spiro atoms. The van der Waals surface area contributed by atoms with Crippen molar-refractivity contribution in [2.45, 2.75) is 57.2 Å². The number of benzene rings is 1. The second kappa shape index (κ2) is 8.20. The molecule has 1 saturated carbocycles. The topological polar surface area (TPSA) is 42.0 Å². The lowest BCUT2D eigenvalue weighted by atomic mass is 10.1. The Morgan fingerprint density at radius 2 is 1.77 bits per heavy atom. The van der Waals surface area contributed by atoms with Crippen LogP contribution >= 0.6 is 11.3 Å². The predicted molar refractivity (Wildman–Crippen MR) is 95.9 cm³/mol. The molecular formula is C19H21F3N2OS. The van der Waals surface area contributed by atoms with Crippen molar-refractivity contribution in [3.05, 3.63) is 40.9 Å². The van der Waals surface area contributed by atoms with Crippen molar-refractivity contribution in [1.29, 1.82) is 0 Å². The monoisotopic (exact) mass is 382 g/mol. The Bertz CT molecular complexity index is 732. The molecule has 1 aromatic carbocycles. The predicted octanol–water partition coefficient (Wildman–Crippen LogP) is 5.21. The second-order valence-electron chi connectivity index (χ2n) is 6.65. The van der Waals surface area contributed by atoms with Gasteiger partial charge in [-0.25, -0.2) is 4.98 Å². The Balaban J connectivity index is 1.59. The summed E-state index contributed by atoms with van der Waals surface area (Å²) in [5, 5.41) is 5.49. The van der Waals surface area contributed by atoms with Gasteiger partial charge in [-0.05, 0) is 25.0 Å². The van der Waals surface area contributed by atoms with Gasteiger partial charge < -0.3 is 5.32 Å². The van der Waals surface area contributed by atoms with Crippen molar-refractivity contribution in [3.63, 3.8) is 0 Å². The second-order valence-corrected chi connectivity index (χ2v) is 7.51. The van der Waals surface area contributed by atoms with Gasteiger partial charge in [0.25, 0.3) is 0 Å². The molecule has 1 aliphatic carbocycles. The molecule has 1 fully saturated rings. The zero-order chi connectivity index (χ0) is 18.6. The first-order valence-electron chi connectivity index (χ1n) is 8.83. The molecule has 3 rings (SSSR count). The normalized spacial score (nSPS) is 16.3. The first-order chi connectivity index (χ1) is 12.4. The Hall–Kier alpha value is -1.89. The van der Waals surface area contributed by atoms with Crippen LogP contribution in [0.2, 0.25) is 0 Å². The third-order valence-electron chi connectivity index (χ3n) is 4.57. The molecule has 3 nitrogen and oxygen atoms in total. The maximum absolute atomic E-state index is 12.6. The van der Waals surface area contributed by atoms with Crippen molar-refractivity contribution in [2.24, 2.45) is 0 Å². The number of aromatic nitrogens is 1. The van der Waals surface area contributed by atoms with E-state index in [4.69, 9.17) is 0 Å². The number of thiazole rings is 1. The van der Waals surface area contributed by atoms with Gasteiger partial charge >= 0.3 is 6.18 Å². The van der Waals surface area contributed by atoms with E-state index >= 15 is 0 Å². The van der Waals surface area contributed by atoms with Gasteiger partial charge in [0.2, 0.25) is 5.91 Å². The number of hydrogen-bond acceptors (Lipinski definition) is 3. The van der Waals surface area contributed by atoms with E-state index in [1.54, 1.807) is 5.38 Å². The van der Waals surface area contributed by atoms with Crippen LogP contribution in [0.25, 0.3) is 10.6 Å². The van der Waals surface area contributed by atoms with Gasteiger partial charge in [-0.1, -0.05) is 37.8 Å². The van der Waals surface area contributed by atoms with Crippen LogP contribution in [0, 0.1) is 0 Å². The van der Waals surface area contributed by atoms with Crippen molar-refractivity contribution in [2.75, 3.05) is 0 Å². The lowest BCUT2D eigenvalue weighted by Gasteiger charge is -2.15. The van der Waals surface area contributed by atoms with Crippen LogP contribution < -0.4 is 5.32 Å². The Kier molecular flexibility index (Phi) is 5.96. The minimum absolute atomic E-state index is 0.0406. The molecule has 1 heterocycles. The van der Waals surface area contributed by atoms with E-state index in [1.165, 1.54) is 36.3 Å². The Morgan fingerprint density at radius 1 is 1.12 bits per heavy atom. The highest BCUT2D eigenvalue weighted by molar-refractivity contribution is 7.13. The van der Waals surface area contributed by atoms with Crippen molar-refractivity contribution >= 4 is 17.2 Å². The molecule has 0 atom stereocenters. The summed E-state index contributed by atoms with van der Waals surface area (Å²) in [7, 11) is 0. The van der Waals surface area contributed by atoms with Gasteiger partial charge in [0.1, 0.15) is 5.01 Å². The summed E-state index contributed by atoms with van der Waals surface area (Å²) in [6.45, 7) is 0. The molecule has 0 aliphatic heterocycles. The lowest BCUT2D eigenvalue weighted by molar-refractivity contribution is -0.137. The van der Waals surface area contributed by atoms with Crippen LogP contribution in [0.3, 0.4) is 0 Å². The Morgan fingerprint density at radius 3 is 2.38 bits per heavy atom. The molecule has 0 saturated heterocycles. The van der Waals surface area contributed by atoms with Crippen LogP contribution in [0.15, 0.2) is 29.6 Å². The van der Waals surface area contributed by atoms with E-state index < -0.39 is 11.7 Å². The number of rotatable bonds is 4. The maximum atomic E-state index is 12.6. The highest BCUT2D eigenvalue weighted by Gasteiger charge is 2.30. The molecule has 0 radical (unpaired) electrons. The lowest BCUT2D eigenvalue weighted by Crippen LogP contribution is -2.35. The van der Waals surface area contributed by atoms with E-state index in [0.717, 1.165) is 37.8 Å². The van der Waals surface area contributed by atoms with E-state index in [1.807, 2.05) is 0 Å². The van der Waals surface area contributed by atoms with Gasteiger partial charge in [-0.3, -0.25) is 4.79 Å². The van der Waals surface area contributed by atoms with Gasteiger partial charge in [0.15, 0.2) is 0 Å². The number of nitrogens with zero attached hydrogens (tertiary/aromatic N) is 1. The number of carbonyl (C=O) groups is 1. The highest BCUT2D eigenvalue weighted by atomic mass is 32.1. The molecule has 2 aromatic rings. The molecule has 7 heteroatoms. The summed E-state index contributed by atoms with van der Waals surface area (Å²) in [6.07, 6.45) is 2.68. The molecular weight excluding hydrogens is 361 g/mol. The minimum Gasteiger partial charge on any atom is -0.353 e. The molecule has 0 bridgehead atoms. The third-order valence-corrected chi connectivity index (χ3v) is 5.51. The van der Waals surface area contributed by atoms with Crippen molar-refractivity contribution in [1.82, 2.24) is 10.3 Å². The number of amides is 1. The number of alkyl halides is 3. The van der Waals surface area contributed by atoms with E-state index in [0.29, 0.717) is 16.3 Å². The van der Waals surface area contributed by atoms with Crippen molar-refractivity contribution < 1.29 is 18.0 Å². The molecule has 26 heavy (non-hydrogen) atoms. The first kappa shape index (κ1) is 18.9. The SMILES string of the molecule is O=C(Cc1csc(-c2ccc(C(F)(F)F)cc2)n1)NC1CCCCCC1. The van der Waals surface area contributed by atoms with Gasteiger partial charge in [0, 0.05) is 17.0 Å². The zero-order valence-corrected chi connectivity index (χ0v) is 15.1. The number of halogens is 3. The fourth-order valence-corrected chi connectivity index (χ4v) is 4.02. The molecule has 1 N–H and O–H groups in total.